The number of rotatable bonds is 3. The number of thioether (sulfide) groups is 1. The quantitative estimate of drug-likeness (QED) is 0.589. The minimum Gasteiger partial charge on any atom is -0.359 e. The molecule has 0 bridgehead atoms. The minimum absolute atomic E-state index is 0.190. The van der Waals surface area contributed by atoms with Crippen molar-refractivity contribution in [3.63, 3.8) is 0 Å². The van der Waals surface area contributed by atoms with E-state index < -0.39 is 11.8 Å². The molecule has 2 aromatic carbocycles. The van der Waals surface area contributed by atoms with Gasteiger partial charge in [-0.15, -0.1) is 0 Å². The number of amides is 2. The summed E-state index contributed by atoms with van der Waals surface area (Å²) in [6.07, 6.45) is 0. The van der Waals surface area contributed by atoms with Gasteiger partial charge in [-0.1, -0.05) is 53.2 Å². The fourth-order valence-corrected chi connectivity index (χ4v) is 5.61. The first-order valence-corrected chi connectivity index (χ1v) is 11.3. The maximum absolute atomic E-state index is 13.2. The van der Waals surface area contributed by atoms with Crippen molar-refractivity contribution in [1.82, 2.24) is 10.6 Å². The Morgan fingerprint density at radius 2 is 1.77 bits per heavy atom. The predicted octanol–water partition coefficient (Wildman–Crippen LogP) is 4.94. The van der Waals surface area contributed by atoms with Gasteiger partial charge < -0.3 is 16.0 Å². The average Bonchev–Trinajstić information content (AvgIpc) is 2.78. The Labute approximate surface area is 195 Å². The second-order valence-corrected chi connectivity index (χ2v) is 9.19. The Hall–Kier alpha value is -2.41. The minimum atomic E-state index is -0.644. The van der Waals surface area contributed by atoms with Crippen molar-refractivity contribution in [2.45, 2.75) is 17.7 Å². The zero-order valence-electron chi connectivity index (χ0n) is 17.2. The number of allylic oxidation sites excluding steroid dienone is 1. The van der Waals surface area contributed by atoms with Crippen molar-refractivity contribution in [3.8, 4) is 0 Å². The Balaban J connectivity index is 1.97. The molecule has 2 amide bonds. The molecule has 2 aliphatic rings. The molecular weight excluding hydrogens is 453 g/mol. The van der Waals surface area contributed by atoms with E-state index in [9.17, 15) is 9.59 Å². The lowest BCUT2D eigenvalue weighted by Crippen LogP contribution is -2.42. The molecule has 160 valence electrons. The van der Waals surface area contributed by atoms with Crippen molar-refractivity contribution in [1.29, 1.82) is 0 Å². The summed E-state index contributed by atoms with van der Waals surface area (Å²) in [4.78, 5) is 28.2. The highest BCUT2D eigenvalue weighted by Crippen LogP contribution is 2.53. The molecule has 0 aromatic heterocycles. The van der Waals surface area contributed by atoms with Gasteiger partial charge >= 0.3 is 0 Å². The summed E-state index contributed by atoms with van der Waals surface area (Å²) in [7, 11) is 3.19. The summed E-state index contributed by atoms with van der Waals surface area (Å²) < 4.78 is 0. The second kappa shape index (κ2) is 8.61. The van der Waals surface area contributed by atoms with E-state index in [1.165, 1.54) is 0 Å². The van der Waals surface area contributed by atoms with Crippen molar-refractivity contribution in [2.24, 2.45) is 5.92 Å². The second-order valence-electron chi connectivity index (χ2n) is 7.33. The number of para-hydroxylation sites is 1. The van der Waals surface area contributed by atoms with Gasteiger partial charge in [0.15, 0.2) is 0 Å². The number of carbonyl (C=O) groups excluding carboxylic acids is 2. The number of anilines is 1. The molecule has 0 fully saturated rings. The third-order valence-electron chi connectivity index (χ3n) is 5.62. The summed E-state index contributed by atoms with van der Waals surface area (Å²) in [5.41, 5.74) is 3.84. The van der Waals surface area contributed by atoms with Crippen molar-refractivity contribution in [2.75, 3.05) is 19.4 Å². The van der Waals surface area contributed by atoms with Gasteiger partial charge in [0.1, 0.15) is 0 Å². The molecule has 2 unspecified atom stereocenters. The Morgan fingerprint density at radius 3 is 2.45 bits per heavy atom. The van der Waals surface area contributed by atoms with Gasteiger partial charge in [-0.25, -0.2) is 0 Å². The first-order valence-electron chi connectivity index (χ1n) is 9.75. The fourth-order valence-electron chi connectivity index (χ4n) is 4.16. The third-order valence-corrected chi connectivity index (χ3v) is 7.66. The molecule has 0 saturated carbocycles. The van der Waals surface area contributed by atoms with Crippen LogP contribution in [0.3, 0.4) is 0 Å². The van der Waals surface area contributed by atoms with Crippen LogP contribution < -0.4 is 16.0 Å². The van der Waals surface area contributed by atoms with E-state index in [1.807, 2.05) is 37.3 Å². The summed E-state index contributed by atoms with van der Waals surface area (Å²) in [5.74, 6) is -1.60. The topological polar surface area (TPSA) is 70.2 Å². The van der Waals surface area contributed by atoms with E-state index in [-0.39, 0.29) is 11.8 Å². The molecule has 3 N–H and O–H groups in total. The van der Waals surface area contributed by atoms with Crippen LogP contribution in [0.25, 0.3) is 0 Å². The summed E-state index contributed by atoms with van der Waals surface area (Å²) in [5, 5.41) is 9.78. The standard InChI is InChI=1S/C23H21Cl2N3O2S/c1-11-17(22(29)26-2)18(12-8-9-13(24)14(25)10-12)19(23(30)27-3)20-21(11)31-16-7-5-4-6-15(16)28-20/h4-10,18-19,28H,1-3H3,(H,26,29)(H,27,30). The van der Waals surface area contributed by atoms with Gasteiger partial charge in [0.25, 0.3) is 0 Å². The smallest absolute Gasteiger partial charge is 0.247 e. The number of nitrogens with one attached hydrogen (secondary N) is 3. The lowest BCUT2D eigenvalue weighted by molar-refractivity contribution is -0.124. The first-order chi connectivity index (χ1) is 14.9. The molecule has 8 heteroatoms. The molecule has 31 heavy (non-hydrogen) atoms. The maximum atomic E-state index is 13.2. The number of hydrogen-bond donors (Lipinski definition) is 3. The summed E-state index contributed by atoms with van der Waals surface area (Å²) in [6.45, 7) is 1.92. The van der Waals surface area contributed by atoms with Crippen LogP contribution >= 0.6 is 35.0 Å². The summed E-state index contributed by atoms with van der Waals surface area (Å²) in [6, 6.07) is 13.2. The molecule has 4 rings (SSSR count). The zero-order chi connectivity index (χ0) is 22.3. The number of carbonyl (C=O) groups is 2. The van der Waals surface area contributed by atoms with Crippen LogP contribution in [0.4, 0.5) is 5.69 Å². The molecule has 1 heterocycles. The molecule has 0 radical (unpaired) electrons. The van der Waals surface area contributed by atoms with Gasteiger partial charge in [-0.3, -0.25) is 9.59 Å². The zero-order valence-corrected chi connectivity index (χ0v) is 19.5. The van der Waals surface area contributed by atoms with Gasteiger partial charge in [-0.05, 0) is 42.3 Å². The summed E-state index contributed by atoms with van der Waals surface area (Å²) >= 11 is 14.0. The molecule has 1 aliphatic heterocycles. The Morgan fingerprint density at radius 1 is 1.03 bits per heavy atom. The number of fused-ring (bicyclic) bond motifs is 1. The Bertz CT molecular complexity index is 1160. The van der Waals surface area contributed by atoms with Crippen LogP contribution in [0.15, 0.2) is 69.1 Å². The maximum Gasteiger partial charge on any atom is 0.247 e. The van der Waals surface area contributed by atoms with Crippen molar-refractivity contribution in [3.05, 3.63) is 79.8 Å². The van der Waals surface area contributed by atoms with Gasteiger partial charge in [-0.2, -0.15) is 0 Å². The van der Waals surface area contributed by atoms with Crippen LogP contribution in [0.5, 0.6) is 0 Å². The van der Waals surface area contributed by atoms with E-state index in [1.54, 1.807) is 38.0 Å². The number of likely N-dealkylation sites (N-methyl/N-ethyl adjacent to an activating group) is 1. The van der Waals surface area contributed by atoms with Crippen molar-refractivity contribution < 1.29 is 9.59 Å². The van der Waals surface area contributed by atoms with Gasteiger partial charge in [0, 0.05) is 41.1 Å². The number of halogens is 2. The van der Waals surface area contributed by atoms with E-state index in [0.717, 1.165) is 32.3 Å². The van der Waals surface area contributed by atoms with Crippen LogP contribution in [-0.4, -0.2) is 25.9 Å². The highest BCUT2D eigenvalue weighted by atomic mass is 35.5. The van der Waals surface area contributed by atoms with Gasteiger partial charge in [0.05, 0.1) is 21.7 Å². The molecule has 5 nitrogen and oxygen atoms in total. The Kier molecular flexibility index (Phi) is 6.06. The molecule has 2 aromatic rings. The van der Waals surface area contributed by atoms with Crippen molar-refractivity contribution >= 4 is 52.5 Å². The third kappa shape index (κ3) is 3.73. The average molecular weight is 474 g/mol. The van der Waals surface area contributed by atoms with Crippen LogP contribution in [-0.2, 0) is 9.59 Å². The number of hydrogen-bond acceptors (Lipinski definition) is 4. The highest BCUT2D eigenvalue weighted by molar-refractivity contribution is 8.03. The monoisotopic (exact) mass is 473 g/mol. The molecule has 1 aliphatic carbocycles. The van der Waals surface area contributed by atoms with E-state index in [4.69, 9.17) is 23.2 Å². The SMILES string of the molecule is CNC(=O)C1=C(C)C2=C(Nc3ccccc3S2)C(C(=O)NC)C1c1ccc(Cl)c(Cl)c1. The molecule has 2 atom stereocenters. The first kappa shape index (κ1) is 21.8. The van der Waals surface area contributed by atoms with Crippen LogP contribution in [0.2, 0.25) is 10.0 Å². The van der Waals surface area contributed by atoms with E-state index in [0.29, 0.717) is 15.6 Å². The lowest BCUT2D eigenvalue weighted by Gasteiger charge is -2.39. The van der Waals surface area contributed by atoms with Gasteiger partial charge in [0.2, 0.25) is 11.8 Å². The van der Waals surface area contributed by atoms with Crippen LogP contribution in [0, 0.1) is 5.92 Å². The normalized spacial score (nSPS) is 19.9. The highest BCUT2D eigenvalue weighted by Gasteiger charge is 2.44. The van der Waals surface area contributed by atoms with E-state index in [2.05, 4.69) is 16.0 Å². The molecule has 0 saturated heterocycles. The van der Waals surface area contributed by atoms with E-state index >= 15 is 0 Å². The largest absolute Gasteiger partial charge is 0.359 e. The predicted molar refractivity (Wildman–Crippen MR) is 126 cm³/mol. The lowest BCUT2D eigenvalue weighted by atomic mass is 9.72. The molecule has 0 spiro atoms. The number of benzene rings is 2. The van der Waals surface area contributed by atoms with Crippen LogP contribution in [0.1, 0.15) is 18.4 Å². The fraction of sp³-hybridized carbons (Fsp3) is 0.217. The molecular formula is C23H21Cl2N3O2S.